The van der Waals surface area contributed by atoms with E-state index in [-0.39, 0.29) is 29.7 Å². The molecule has 0 saturated carbocycles. The maximum atomic E-state index is 13.5. The van der Waals surface area contributed by atoms with Gasteiger partial charge in [0.2, 0.25) is 5.91 Å². The molecule has 12 heteroatoms. The zero-order chi connectivity index (χ0) is 29.0. The number of benzene rings is 2. The molecule has 0 aliphatic carbocycles. The lowest BCUT2D eigenvalue weighted by Crippen LogP contribution is -2.34. The highest BCUT2D eigenvalue weighted by molar-refractivity contribution is 6.19. The monoisotopic (exact) mass is 564 g/mol. The second-order valence-corrected chi connectivity index (χ2v) is 10.3. The van der Waals surface area contributed by atoms with Gasteiger partial charge in [-0.3, -0.25) is 4.79 Å². The smallest absolute Gasteiger partial charge is 0.432 e. The highest BCUT2D eigenvalue weighted by Gasteiger charge is 2.30. The van der Waals surface area contributed by atoms with Crippen LogP contribution in [-0.4, -0.2) is 54.2 Å². The number of hydrogen-bond donors (Lipinski definition) is 2. The van der Waals surface area contributed by atoms with Crippen LogP contribution >= 0.6 is 11.6 Å². The number of halogens is 1. The van der Waals surface area contributed by atoms with Crippen molar-refractivity contribution in [3.05, 3.63) is 72.6 Å². The fourth-order valence-corrected chi connectivity index (χ4v) is 4.12. The van der Waals surface area contributed by atoms with Crippen LogP contribution in [0.15, 0.2) is 67.0 Å². The number of hydrogen-bond acceptors (Lipinski definition) is 6. The lowest BCUT2D eigenvalue weighted by Gasteiger charge is -2.27. The standard InChI is InChI=1S/C28H29ClN6O5/c1-18-16-20(31-25(36)12-13-29)8-11-22(18)34(27(39)40-28(2,3)4)24-17-23(35(32-24)26(37)38)19-6-9-21(10-7-19)33-15-5-14-30-33/h5-11,14-17H,12-13H2,1-4H3,(H,31,36)(H,37,38). The molecule has 208 valence electrons. The summed E-state index contributed by atoms with van der Waals surface area (Å²) in [4.78, 5) is 38.9. The van der Waals surface area contributed by atoms with E-state index in [1.807, 2.05) is 0 Å². The van der Waals surface area contributed by atoms with Gasteiger partial charge < -0.3 is 15.2 Å². The van der Waals surface area contributed by atoms with Gasteiger partial charge in [0.15, 0.2) is 5.82 Å². The molecule has 0 atom stereocenters. The third-order valence-electron chi connectivity index (χ3n) is 5.66. The zero-order valence-electron chi connectivity index (χ0n) is 22.5. The molecular formula is C28H29ClN6O5. The summed E-state index contributed by atoms with van der Waals surface area (Å²) >= 11 is 5.65. The van der Waals surface area contributed by atoms with Gasteiger partial charge in [-0.25, -0.2) is 19.2 Å². The number of ether oxygens (including phenoxy) is 1. The SMILES string of the molecule is Cc1cc(NC(=O)CCCl)ccc1N(C(=O)OC(C)(C)C)c1cc(-c2ccc(-n3cccn3)cc2)n(C(=O)O)n1. The van der Waals surface area contributed by atoms with E-state index in [1.54, 1.807) is 93.3 Å². The Balaban J connectivity index is 1.77. The van der Waals surface area contributed by atoms with E-state index in [9.17, 15) is 19.5 Å². The summed E-state index contributed by atoms with van der Waals surface area (Å²) in [6.45, 7) is 6.95. The second-order valence-electron chi connectivity index (χ2n) is 9.88. The molecule has 0 aliphatic heterocycles. The van der Waals surface area contributed by atoms with E-state index in [0.717, 1.165) is 10.4 Å². The van der Waals surface area contributed by atoms with E-state index < -0.39 is 17.8 Å². The lowest BCUT2D eigenvalue weighted by molar-refractivity contribution is -0.115. The van der Waals surface area contributed by atoms with Crippen molar-refractivity contribution in [2.45, 2.75) is 39.7 Å². The van der Waals surface area contributed by atoms with Crippen molar-refractivity contribution < 1.29 is 24.2 Å². The Morgan fingerprint density at radius 3 is 2.40 bits per heavy atom. The van der Waals surface area contributed by atoms with Gasteiger partial charge in [0, 0.05) is 42.0 Å². The van der Waals surface area contributed by atoms with E-state index >= 15 is 0 Å². The molecule has 0 aliphatic rings. The molecule has 0 saturated heterocycles. The third kappa shape index (κ3) is 6.49. The minimum Gasteiger partial charge on any atom is -0.463 e. The number of carboxylic acid groups (broad SMARTS) is 1. The van der Waals surface area contributed by atoms with Crippen molar-refractivity contribution >= 4 is 46.9 Å². The number of nitrogens with one attached hydrogen (secondary N) is 1. The number of carbonyl (C=O) groups is 3. The molecule has 0 fully saturated rings. The summed E-state index contributed by atoms with van der Waals surface area (Å²) in [5.74, 6) is -0.00467. The van der Waals surface area contributed by atoms with Gasteiger partial charge in [-0.1, -0.05) is 12.1 Å². The highest BCUT2D eigenvalue weighted by Crippen LogP contribution is 2.34. The van der Waals surface area contributed by atoms with Gasteiger partial charge >= 0.3 is 12.2 Å². The van der Waals surface area contributed by atoms with Crippen molar-refractivity contribution in [2.75, 3.05) is 16.1 Å². The molecule has 0 bridgehead atoms. The van der Waals surface area contributed by atoms with Crippen molar-refractivity contribution in [1.82, 2.24) is 19.6 Å². The molecule has 4 aromatic rings. The minimum atomic E-state index is -1.32. The maximum Gasteiger partial charge on any atom is 0.432 e. The number of aromatic nitrogens is 4. The number of rotatable bonds is 7. The molecule has 40 heavy (non-hydrogen) atoms. The normalized spacial score (nSPS) is 11.2. The fraction of sp³-hybridized carbons (Fsp3) is 0.250. The van der Waals surface area contributed by atoms with Crippen LogP contribution in [0.3, 0.4) is 0 Å². The largest absolute Gasteiger partial charge is 0.463 e. The first-order valence-electron chi connectivity index (χ1n) is 12.4. The first-order valence-corrected chi connectivity index (χ1v) is 12.9. The lowest BCUT2D eigenvalue weighted by atomic mass is 10.1. The molecule has 0 unspecified atom stereocenters. The van der Waals surface area contributed by atoms with Gasteiger partial charge in [0.05, 0.1) is 17.1 Å². The number of carbonyl (C=O) groups excluding carboxylic acids is 2. The molecule has 0 spiro atoms. The maximum absolute atomic E-state index is 13.5. The van der Waals surface area contributed by atoms with E-state index in [0.29, 0.717) is 22.5 Å². The summed E-state index contributed by atoms with van der Waals surface area (Å²) in [5, 5.41) is 21.2. The van der Waals surface area contributed by atoms with Crippen molar-refractivity contribution in [1.29, 1.82) is 0 Å². The van der Waals surface area contributed by atoms with Crippen LogP contribution in [0.4, 0.5) is 26.8 Å². The topological polar surface area (TPSA) is 132 Å². The minimum absolute atomic E-state index is 0.0461. The summed E-state index contributed by atoms with van der Waals surface area (Å²) < 4.78 is 8.15. The van der Waals surface area contributed by atoms with Crippen molar-refractivity contribution in [2.24, 2.45) is 0 Å². The van der Waals surface area contributed by atoms with Crippen molar-refractivity contribution in [3.63, 3.8) is 0 Å². The third-order valence-corrected chi connectivity index (χ3v) is 5.85. The first kappa shape index (κ1) is 28.4. The Kier molecular flexibility index (Phi) is 8.24. The molecule has 11 nitrogen and oxygen atoms in total. The van der Waals surface area contributed by atoms with Crippen LogP contribution in [0.25, 0.3) is 16.9 Å². The fourth-order valence-electron chi connectivity index (χ4n) is 3.95. The van der Waals surface area contributed by atoms with Gasteiger partial charge in [-0.2, -0.15) is 9.78 Å². The van der Waals surface area contributed by atoms with Crippen molar-refractivity contribution in [3.8, 4) is 16.9 Å². The van der Waals surface area contributed by atoms with Crippen LogP contribution in [0.2, 0.25) is 0 Å². The van der Waals surface area contributed by atoms with Crippen LogP contribution in [0.5, 0.6) is 0 Å². The quantitative estimate of drug-likeness (QED) is 0.255. The Morgan fingerprint density at radius 1 is 1.10 bits per heavy atom. The number of nitrogens with zero attached hydrogens (tertiary/aromatic N) is 5. The number of amides is 2. The molecule has 0 radical (unpaired) electrons. The Morgan fingerprint density at radius 2 is 1.82 bits per heavy atom. The molecule has 2 aromatic heterocycles. The number of alkyl halides is 1. The summed E-state index contributed by atoms with van der Waals surface area (Å²) in [7, 11) is 0. The highest BCUT2D eigenvalue weighted by atomic mass is 35.5. The molecule has 2 amide bonds. The first-order chi connectivity index (χ1) is 19.0. The van der Waals surface area contributed by atoms with E-state index in [2.05, 4.69) is 15.5 Å². The predicted octanol–water partition coefficient (Wildman–Crippen LogP) is 6.21. The van der Waals surface area contributed by atoms with Crippen LogP contribution in [-0.2, 0) is 9.53 Å². The molecule has 4 rings (SSSR count). The summed E-state index contributed by atoms with van der Waals surface area (Å²) in [5.41, 5.74) is 2.32. The van der Waals surface area contributed by atoms with Gasteiger partial charge in [-0.15, -0.1) is 16.7 Å². The second kappa shape index (κ2) is 11.6. The van der Waals surface area contributed by atoms with E-state index in [1.165, 1.54) is 11.0 Å². The van der Waals surface area contributed by atoms with Crippen LogP contribution in [0.1, 0.15) is 32.8 Å². The van der Waals surface area contributed by atoms with Gasteiger partial charge in [0.25, 0.3) is 0 Å². The average Bonchev–Trinajstić information content (AvgIpc) is 3.56. The zero-order valence-corrected chi connectivity index (χ0v) is 23.2. The Hall–Kier alpha value is -4.64. The summed E-state index contributed by atoms with van der Waals surface area (Å²) in [6.07, 6.45) is 1.54. The molecule has 2 aromatic carbocycles. The molecule has 2 N–H and O–H groups in total. The summed E-state index contributed by atoms with van der Waals surface area (Å²) in [6, 6.07) is 15.4. The molecular weight excluding hydrogens is 536 g/mol. The van der Waals surface area contributed by atoms with Gasteiger partial charge in [-0.05, 0) is 69.7 Å². The number of anilines is 3. The van der Waals surface area contributed by atoms with E-state index in [4.69, 9.17) is 16.3 Å². The van der Waals surface area contributed by atoms with Crippen LogP contribution in [0, 0.1) is 6.92 Å². The van der Waals surface area contributed by atoms with Gasteiger partial charge in [0.1, 0.15) is 5.60 Å². The van der Waals surface area contributed by atoms with Crippen LogP contribution < -0.4 is 10.2 Å². The molecule has 2 heterocycles. The Labute approximate surface area is 235 Å². The number of aryl methyl sites for hydroxylation is 1. The predicted molar refractivity (Wildman–Crippen MR) is 152 cm³/mol. The average molecular weight is 565 g/mol. The Bertz CT molecular complexity index is 1520.